The van der Waals surface area contributed by atoms with Crippen LogP contribution in [-0.2, 0) is 0 Å². The number of rotatable bonds is 3. The minimum absolute atomic E-state index is 0.456. The predicted molar refractivity (Wildman–Crippen MR) is 87.2 cm³/mol. The monoisotopic (exact) mass is 302 g/mol. The van der Waals surface area contributed by atoms with Gasteiger partial charge in [0.15, 0.2) is 0 Å². The molecular weight excluding hydrogens is 284 g/mol. The van der Waals surface area contributed by atoms with E-state index in [9.17, 15) is 4.79 Å². The molecule has 1 aromatic heterocycles. The summed E-state index contributed by atoms with van der Waals surface area (Å²) in [5.41, 5.74) is 0.641. The minimum atomic E-state index is 0.456. The Hall–Kier alpha value is -1.61. The lowest BCUT2D eigenvalue weighted by atomic mass is 9.87. The molecule has 0 aliphatic heterocycles. The third-order valence-electron chi connectivity index (χ3n) is 4.35. The number of anilines is 1. The Balaban J connectivity index is 1.86. The van der Waals surface area contributed by atoms with Crippen molar-refractivity contribution in [2.75, 3.05) is 5.32 Å². The molecule has 3 rings (SSSR count). The van der Waals surface area contributed by atoms with Crippen LogP contribution in [0.4, 0.5) is 5.82 Å². The third kappa shape index (κ3) is 3.03. The molecule has 2 aromatic rings. The normalized spacial score (nSPS) is 22.2. The zero-order valence-electron chi connectivity index (χ0n) is 12.1. The summed E-state index contributed by atoms with van der Waals surface area (Å²) >= 11 is 6.47. The summed E-state index contributed by atoms with van der Waals surface area (Å²) in [6.45, 7) is 2.31. The van der Waals surface area contributed by atoms with Gasteiger partial charge in [0, 0.05) is 28.6 Å². The fourth-order valence-electron chi connectivity index (χ4n) is 2.98. The Labute approximate surface area is 129 Å². The Morgan fingerprint density at radius 3 is 2.76 bits per heavy atom. The van der Waals surface area contributed by atoms with Crippen LogP contribution < -0.4 is 5.32 Å². The molecule has 0 bridgehead atoms. The van der Waals surface area contributed by atoms with Gasteiger partial charge in [-0.3, -0.25) is 4.79 Å². The molecule has 1 fully saturated rings. The van der Waals surface area contributed by atoms with E-state index in [0.717, 1.165) is 28.8 Å². The van der Waals surface area contributed by atoms with Crippen molar-refractivity contribution in [3.05, 3.63) is 35.0 Å². The van der Waals surface area contributed by atoms with E-state index in [2.05, 4.69) is 17.2 Å². The van der Waals surface area contributed by atoms with Gasteiger partial charge in [0.05, 0.1) is 5.02 Å². The first-order valence-corrected chi connectivity index (χ1v) is 7.85. The second kappa shape index (κ2) is 6.02. The molecule has 1 saturated carbocycles. The maximum atomic E-state index is 10.8. The highest BCUT2D eigenvalue weighted by molar-refractivity contribution is 6.37. The number of fused-ring (bicyclic) bond motifs is 1. The quantitative estimate of drug-likeness (QED) is 0.836. The number of benzene rings is 1. The fraction of sp³-hybridized carbons (Fsp3) is 0.412. The molecule has 1 aliphatic carbocycles. The smallest absolute Gasteiger partial charge is 0.150 e. The fourth-order valence-corrected chi connectivity index (χ4v) is 3.25. The summed E-state index contributed by atoms with van der Waals surface area (Å²) in [4.78, 5) is 15.3. The number of nitrogens with zero attached hydrogens (tertiary/aromatic N) is 1. The van der Waals surface area contributed by atoms with Crippen LogP contribution in [0.1, 0.15) is 43.0 Å². The van der Waals surface area contributed by atoms with Crippen molar-refractivity contribution in [1.29, 1.82) is 0 Å². The molecule has 3 nitrogen and oxygen atoms in total. The lowest BCUT2D eigenvalue weighted by Crippen LogP contribution is -2.25. The van der Waals surface area contributed by atoms with Gasteiger partial charge in [-0.15, -0.1) is 0 Å². The summed E-state index contributed by atoms with van der Waals surface area (Å²) in [6, 6.07) is 5.94. The average molecular weight is 303 g/mol. The number of carbonyl (C=O) groups is 1. The van der Waals surface area contributed by atoms with Crippen molar-refractivity contribution >= 4 is 34.5 Å². The summed E-state index contributed by atoms with van der Waals surface area (Å²) < 4.78 is 0. The van der Waals surface area contributed by atoms with Crippen molar-refractivity contribution in [1.82, 2.24) is 4.98 Å². The van der Waals surface area contributed by atoms with Crippen LogP contribution in [0, 0.1) is 5.92 Å². The predicted octanol–water partition coefficient (Wildman–Crippen LogP) is 4.69. The summed E-state index contributed by atoms with van der Waals surface area (Å²) in [6.07, 6.45) is 7.46. The number of nitrogens with one attached hydrogen (secondary N) is 1. The highest BCUT2D eigenvalue weighted by Gasteiger charge is 2.19. The Morgan fingerprint density at radius 1 is 1.29 bits per heavy atom. The number of hydrogen-bond acceptors (Lipinski definition) is 3. The number of aromatic nitrogens is 1. The Morgan fingerprint density at radius 2 is 2.05 bits per heavy atom. The van der Waals surface area contributed by atoms with E-state index in [1.807, 2.05) is 12.1 Å². The second-order valence-electron chi connectivity index (χ2n) is 5.99. The van der Waals surface area contributed by atoms with E-state index in [4.69, 9.17) is 11.6 Å². The summed E-state index contributed by atoms with van der Waals surface area (Å²) in [5, 5.41) is 5.95. The molecule has 1 heterocycles. The molecule has 0 atom stereocenters. The van der Waals surface area contributed by atoms with Gasteiger partial charge in [0.25, 0.3) is 0 Å². The molecule has 1 aliphatic rings. The largest absolute Gasteiger partial charge is 0.366 e. The molecule has 21 heavy (non-hydrogen) atoms. The highest BCUT2D eigenvalue weighted by Crippen LogP contribution is 2.32. The third-order valence-corrected chi connectivity index (χ3v) is 4.73. The Bertz CT molecular complexity index is 663. The molecule has 0 unspecified atom stereocenters. The molecule has 1 N–H and O–H groups in total. The van der Waals surface area contributed by atoms with E-state index in [0.29, 0.717) is 16.6 Å². The molecular formula is C17H19ClN2O. The lowest BCUT2D eigenvalue weighted by Gasteiger charge is -2.27. The van der Waals surface area contributed by atoms with E-state index in [1.165, 1.54) is 25.7 Å². The van der Waals surface area contributed by atoms with Crippen molar-refractivity contribution in [2.24, 2.45) is 5.92 Å². The maximum Gasteiger partial charge on any atom is 0.150 e. The standard InChI is InChI=1S/C17H19ClN2O/c1-11-2-5-14(6-3-11)20-17-16(18)15-7-4-12(10-21)8-13(15)9-19-17/h4,7-11,14H,2-3,5-6H2,1H3,(H,19,20). The van der Waals surface area contributed by atoms with Crippen LogP contribution in [0.3, 0.4) is 0 Å². The van der Waals surface area contributed by atoms with E-state index < -0.39 is 0 Å². The zero-order valence-corrected chi connectivity index (χ0v) is 12.9. The SMILES string of the molecule is CC1CCC(Nc2ncc3cc(C=O)ccc3c2Cl)CC1. The zero-order chi connectivity index (χ0) is 14.8. The topological polar surface area (TPSA) is 42.0 Å². The van der Waals surface area contributed by atoms with E-state index >= 15 is 0 Å². The molecule has 0 amide bonds. The molecule has 1 aromatic carbocycles. The van der Waals surface area contributed by atoms with Crippen LogP contribution in [0.2, 0.25) is 5.02 Å². The molecule has 4 heteroatoms. The number of halogens is 1. The summed E-state index contributed by atoms with van der Waals surface area (Å²) in [5.74, 6) is 1.58. The lowest BCUT2D eigenvalue weighted by molar-refractivity contribution is 0.112. The van der Waals surface area contributed by atoms with E-state index in [1.54, 1.807) is 12.3 Å². The first kappa shape index (κ1) is 14.3. The van der Waals surface area contributed by atoms with E-state index in [-0.39, 0.29) is 0 Å². The van der Waals surface area contributed by atoms with Crippen molar-refractivity contribution in [2.45, 2.75) is 38.6 Å². The van der Waals surface area contributed by atoms with Gasteiger partial charge in [0.1, 0.15) is 12.1 Å². The highest BCUT2D eigenvalue weighted by atomic mass is 35.5. The van der Waals surface area contributed by atoms with Gasteiger partial charge in [0.2, 0.25) is 0 Å². The Kier molecular flexibility index (Phi) is 4.11. The van der Waals surface area contributed by atoms with Crippen molar-refractivity contribution in [3.63, 3.8) is 0 Å². The van der Waals surface area contributed by atoms with Crippen molar-refractivity contribution < 1.29 is 4.79 Å². The van der Waals surface area contributed by atoms with Gasteiger partial charge in [-0.05, 0) is 37.7 Å². The number of aldehydes is 1. The van der Waals surface area contributed by atoms with Gasteiger partial charge in [-0.25, -0.2) is 4.98 Å². The van der Waals surface area contributed by atoms with Crippen LogP contribution in [-0.4, -0.2) is 17.3 Å². The van der Waals surface area contributed by atoms with Crippen LogP contribution in [0.5, 0.6) is 0 Å². The molecule has 0 radical (unpaired) electrons. The average Bonchev–Trinajstić information content (AvgIpc) is 2.52. The van der Waals surface area contributed by atoms with Crippen LogP contribution in [0.25, 0.3) is 10.8 Å². The molecule has 110 valence electrons. The number of carbonyl (C=O) groups excluding carboxylic acids is 1. The minimum Gasteiger partial charge on any atom is -0.366 e. The molecule has 0 saturated heterocycles. The van der Waals surface area contributed by atoms with Crippen molar-refractivity contribution in [3.8, 4) is 0 Å². The first-order chi connectivity index (χ1) is 10.2. The van der Waals surface area contributed by atoms with Gasteiger partial charge >= 0.3 is 0 Å². The van der Waals surface area contributed by atoms with Crippen LogP contribution in [0.15, 0.2) is 24.4 Å². The number of pyridine rings is 1. The number of hydrogen-bond donors (Lipinski definition) is 1. The van der Waals surface area contributed by atoms with Gasteiger partial charge in [-0.1, -0.05) is 30.7 Å². The second-order valence-corrected chi connectivity index (χ2v) is 6.36. The summed E-state index contributed by atoms with van der Waals surface area (Å²) in [7, 11) is 0. The molecule has 0 spiro atoms. The van der Waals surface area contributed by atoms with Gasteiger partial charge < -0.3 is 5.32 Å². The van der Waals surface area contributed by atoms with Crippen LogP contribution >= 0.6 is 11.6 Å². The first-order valence-electron chi connectivity index (χ1n) is 7.47. The van der Waals surface area contributed by atoms with Gasteiger partial charge in [-0.2, -0.15) is 0 Å². The maximum absolute atomic E-state index is 10.8.